The molecule has 1 aliphatic rings. The Morgan fingerprint density at radius 1 is 1.22 bits per heavy atom. The molecule has 0 saturated carbocycles. The average molecular weight is 326 g/mol. The zero-order chi connectivity index (χ0) is 16.4. The molecule has 0 aromatic heterocycles. The molecule has 2 aromatic rings. The van der Waals surface area contributed by atoms with Gasteiger partial charge in [0.15, 0.2) is 0 Å². The molecule has 23 heavy (non-hydrogen) atoms. The predicted molar refractivity (Wildman–Crippen MR) is 88.0 cm³/mol. The quantitative estimate of drug-likeness (QED) is 0.941. The minimum atomic E-state index is -3.68. The van der Waals surface area contributed by atoms with E-state index in [0.717, 1.165) is 25.1 Å². The van der Waals surface area contributed by atoms with Gasteiger partial charge in [-0.3, -0.25) is 0 Å². The van der Waals surface area contributed by atoms with Crippen LogP contribution in [0, 0.1) is 18.3 Å². The molecule has 4 nitrogen and oxygen atoms in total. The Labute approximate surface area is 136 Å². The van der Waals surface area contributed by atoms with Gasteiger partial charge in [0.1, 0.15) is 6.07 Å². The molecular weight excluding hydrogens is 308 g/mol. The molecule has 0 aliphatic carbocycles. The van der Waals surface area contributed by atoms with Gasteiger partial charge in [0, 0.05) is 6.54 Å². The summed E-state index contributed by atoms with van der Waals surface area (Å²) in [7, 11) is -3.68. The zero-order valence-electron chi connectivity index (χ0n) is 12.9. The molecule has 0 radical (unpaired) electrons. The van der Waals surface area contributed by atoms with Crippen LogP contribution in [0.2, 0.25) is 0 Å². The maximum Gasteiger partial charge on any atom is 0.207 e. The van der Waals surface area contributed by atoms with Crippen LogP contribution in [0.15, 0.2) is 52.3 Å². The Morgan fingerprint density at radius 2 is 2.00 bits per heavy atom. The van der Waals surface area contributed by atoms with Gasteiger partial charge in [-0.2, -0.15) is 5.26 Å². The normalized spacial score (nSPS) is 17.8. The van der Waals surface area contributed by atoms with Crippen LogP contribution in [-0.4, -0.2) is 21.5 Å². The molecule has 2 aromatic carbocycles. The standard InChI is InChI=1S/C18H18N2O2S/c1-13-10-16(6-7-17(13)15-8-9-20-12-15)23(21,22)18-5-3-2-4-14(18)11-19/h2-7,10,15,20H,8-9,12H2,1H3. The molecule has 1 N–H and O–H groups in total. The highest BCUT2D eigenvalue weighted by Crippen LogP contribution is 2.30. The van der Waals surface area contributed by atoms with E-state index in [9.17, 15) is 8.42 Å². The van der Waals surface area contributed by atoms with E-state index < -0.39 is 9.84 Å². The van der Waals surface area contributed by atoms with Gasteiger partial charge < -0.3 is 5.32 Å². The lowest BCUT2D eigenvalue weighted by molar-refractivity contribution is 0.595. The van der Waals surface area contributed by atoms with E-state index in [-0.39, 0.29) is 15.4 Å². The van der Waals surface area contributed by atoms with Crippen molar-refractivity contribution in [1.82, 2.24) is 5.32 Å². The third-order valence-electron chi connectivity index (χ3n) is 4.35. The molecule has 0 bridgehead atoms. The molecule has 1 unspecified atom stereocenters. The fourth-order valence-electron chi connectivity index (χ4n) is 3.11. The van der Waals surface area contributed by atoms with Gasteiger partial charge >= 0.3 is 0 Å². The Morgan fingerprint density at radius 3 is 2.65 bits per heavy atom. The lowest BCUT2D eigenvalue weighted by atomic mass is 9.94. The minimum Gasteiger partial charge on any atom is -0.316 e. The number of nitrogens with zero attached hydrogens (tertiary/aromatic N) is 1. The molecule has 118 valence electrons. The van der Waals surface area contributed by atoms with E-state index >= 15 is 0 Å². The van der Waals surface area contributed by atoms with Gasteiger partial charge in [-0.15, -0.1) is 0 Å². The minimum absolute atomic E-state index is 0.0668. The van der Waals surface area contributed by atoms with E-state index in [0.29, 0.717) is 5.92 Å². The van der Waals surface area contributed by atoms with Crippen LogP contribution in [0.4, 0.5) is 0 Å². The molecule has 0 spiro atoms. The Bertz CT molecular complexity index is 876. The Hall–Kier alpha value is -2.16. The van der Waals surface area contributed by atoms with Crippen LogP contribution in [0.1, 0.15) is 29.0 Å². The molecular formula is C18H18N2O2S. The fraction of sp³-hybridized carbons (Fsp3) is 0.278. The molecule has 1 atom stereocenters. The summed E-state index contributed by atoms with van der Waals surface area (Å²) in [6.07, 6.45) is 1.07. The van der Waals surface area contributed by atoms with Crippen LogP contribution >= 0.6 is 0 Å². The van der Waals surface area contributed by atoms with E-state index in [1.54, 1.807) is 24.3 Å². The third kappa shape index (κ3) is 2.88. The number of nitriles is 1. The molecule has 1 saturated heterocycles. The van der Waals surface area contributed by atoms with E-state index in [2.05, 4.69) is 5.32 Å². The molecule has 1 aliphatic heterocycles. The van der Waals surface area contributed by atoms with Crippen molar-refractivity contribution in [3.8, 4) is 6.07 Å². The predicted octanol–water partition coefficient (Wildman–Crippen LogP) is 2.78. The third-order valence-corrected chi connectivity index (χ3v) is 6.16. The lowest BCUT2D eigenvalue weighted by Gasteiger charge is -2.14. The van der Waals surface area contributed by atoms with Crippen molar-refractivity contribution < 1.29 is 8.42 Å². The Balaban J connectivity index is 2.04. The SMILES string of the molecule is Cc1cc(S(=O)(=O)c2ccccc2C#N)ccc1C1CCNC1. The van der Waals surface area contributed by atoms with Gasteiger partial charge in [0.05, 0.1) is 15.4 Å². The van der Waals surface area contributed by atoms with E-state index in [1.807, 2.05) is 19.1 Å². The molecule has 0 amide bonds. The van der Waals surface area contributed by atoms with Crippen molar-refractivity contribution in [2.75, 3.05) is 13.1 Å². The first kappa shape index (κ1) is 15.7. The lowest BCUT2D eigenvalue weighted by Crippen LogP contribution is -2.10. The van der Waals surface area contributed by atoms with Gasteiger partial charge in [-0.1, -0.05) is 18.2 Å². The second-order valence-corrected chi connectivity index (χ2v) is 7.74. The monoisotopic (exact) mass is 326 g/mol. The molecule has 1 heterocycles. The number of sulfone groups is 1. The van der Waals surface area contributed by atoms with Gasteiger partial charge in [0.25, 0.3) is 0 Å². The van der Waals surface area contributed by atoms with Crippen molar-refractivity contribution in [2.45, 2.75) is 29.1 Å². The molecule has 1 fully saturated rings. The highest BCUT2D eigenvalue weighted by molar-refractivity contribution is 7.91. The Kier molecular flexibility index (Phi) is 4.20. The fourth-order valence-corrected chi connectivity index (χ4v) is 4.61. The van der Waals surface area contributed by atoms with Crippen molar-refractivity contribution in [3.63, 3.8) is 0 Å². The van der Waals surface area contributed by atoms with Gasteiger partial charge in [-0.25, -0.2) is 8.42 Å². The summed E-state index contributed by atoms with van der Waals surface area (Å²) in [5.74, 6) is 0.443. The van der Waals surface area contributed by atoms with Crippen LogP contribution in [-0.2, 0) is 9.84 Å². The number of hydrogen-bond acceptors (Lipinski definition) is 4. The maximum absolute atomic E-state index is 12.8. The molecule has 3 rings (SSSR count). The summed E-state index contributed by atoms with van der Waals surface area (Å²) in [4.78, 5) is 0.310. The van der Waals surface area contributed by atoms with Gasteiger partial charge in [-0.05, 0) is 61.2 Å². The first-order chi connectivity index (χ1) is 11.0. The van der Waals surface area contributed by atoms with Gasteiger partial charge in [0.2, 0.25) is 9.84 Å². The van der Waals surface area contributed by atoms with Crippen molar-refractivity contribution in [2.24, 2.45) is 0 Å². The number of rotatable bonds is 3. The van der Waals surface area contributed by atoms with Crippen molar-refractivity contribution >= 4 is 9.84 Å². The smallest absolute Gasteiger partial charge is 0.207 e. The first-order valence-electron chi connectivity index (χ1n) is 7.59. The largest absolute Gasteiger partial charge is 0.316 e. The molecule has 5 heteroatoms. The van der Waals surface area contributed by atoms with E-state index in [1.165, 1.54) is 17.7 Å². The second-order valence-electron chi connectivity index (χ2n) is 5.82. The summed E-state index contributed by atoms with van der Waals surface area (Å²) >= 11 is 0. The number of hydrogen-bond donors (Lipinski definition) is 1. The summed E-state index contributed by atoms with van der Waals surface area (Å²) in [5.41, 5.74) is 2.35. The summed E-state index contributed by atoms with van der Waals surface area (Å²) < 4.78 is 25.7. The van der Waals surface area contributed by atoms with Crippen LogP contribution in [0.25, 0.3) is 0 Å². The highest BCUT2D eigenvalue weighted by atomic mass is 32.2. The van der Waals surface area contributed by atoms with Crippen LogP contribution in [0.3, 0.4) is 0 Å². The number of aryl methyl sites for hydroxylation is 1. The average Bonchev–Trinajstić information content (AvgIpc) is 3.08. The summed E-state index contributed by atoms with van der Waals surface area (Å²) in [6.45, 7) is 3.88. The summed E-state index contributed by atoms with van der Waals surface area (Å²) in [5, 5.41) is 12.5. The van der Waals surface area contributed by atoms with Crippen molar-refractivity contribution in [3.05, 3.63) is 59.2 Å². The second kappa shape index (κ2) is 6.15. The first-order valence-corrected chi connectivity index (χ1v) is 9.08. The number of benzene rings is 2. The topological polar surface area (TPSA) is 70.0 Å². The zero-order valence-corrected chi connectivity index (χ0v) is 13.7. The maximum atomic E-state index is 12.8. The highest BCUT2D eigenvalue weighted by Gasteiger charge is 2.24. The van der Waals surface area contributed by atoms with Crippen LogP contribution in [0.5, 0.6) is 0 Å². The van der Waals surface area contributed by atoms with E-state index in [4.69, 9.17) is 5.26 Å². The van der Waals surface area contributed by atoms with Crippen LogP contribution < -0.4 is 5.32 Å². The summed E-state index contributed by atoms with van der Waals surface area (Å²) in [6, 6.07) is 13.6. The van der Waals surface area contributed by atoms with Crippen molar-refractivity contribution in [1.29, 1.82) is 5.26 Å². The number of nitrogens with one attached hydrogen (secondary N) is 1.